The molecule has 0 spiro atoms. The molecule has 2 aliphatic rings. The fourth-order valence-electron chi connectivity index (χ4n) is 3.42. The number of aliphatic hydroxyl groups excluding tert-OH is 1. The van der Waals surface area contributed by atoms with Gasteiger partial charge in [0.05, 0.1) is 17.4 Å². The highest BCUT2D eigenvalue weighted by molar-refractivity contribution is 8.01. The van der Waals surface area contributed by atoms with Crippen molar-refractivity contribution >= 4 is 17.7 Å². The maximum Gasteiger partial charge on any atom is 0.233 e. The molecule has 0 radical (unpaired) electrons. The van der Waals surface area contributed by atoms with E-state index in [1.165, 1.54) is 0 Å². The highest BCUT2D eigenvalue weighted by atomic mass is 32.2. The fraction of sp³-hybridized carbons (Fsp3) is 0.500. The zero-order valence-electron chi connectivity index (χ0n) is 12.6. The first-order valence-electron chi connectivity index (χ1n) is 7.32. The Labute approximate surface area is 136 Å². The van der Waals surface area contributed by atoms with E-state index < -0.39 is 12.0 Å². The van der Waals surface area contributed by atoms with E-state index in [1.54, 1.807) is 41.2 Å². The number of fused-ring (bicyclic) bond motifs is 1. The molecule has 1 unspecified atom stereocenters. The number of rotatable bonds is 3. The number of hydrogen-bond acceptors (Lipinski definition) is 7. The summed E-state index contributed by atoms with van der Waals surface area (Å²) in [5.74, 6) is 0.0304. The van der Waals surface area contributed by atoms with Crippen LogP contribution >= 0.6 is 11.8 Å². The molecule has 2 aromatic heterocycles. The summed E-state index contributed by atoms with van der Waals surface area (Å²) in [5, 5.41) is 24.5. The molecule has 4 rings (SSSR count). The fourth-order valence-corrected chi connectivity index (χ4v) is 5.15. The molecule has 2 aliphatic heterocycles. The second-order valence-corrected chi connectivity index (χ2v) is 8.07. The van der Waals surface area contributed by atoms with E-state index in [0.29, 0.717) is 11.4 Å². The largest absolute Gasteiger partial charge is 0.387 e. The van der Waals surface area contributed by atoms with Crippen LogP contribution in [0, 0.1) is 5.92 Å². The molecular formula is C14H16N6O2S. The van der Waals surface area contributed by atoms with E-state index in [-0.39, 0.29) is 22.1 Å². The SMILES string of the molecule is CC1(C)S[C@H]2[C@@H](C(O)c3cccnc3)C(=O)N2[C@H]1c1nnn[nH]1. The Morgan fingerprint density at radius 3 is 2.96 bits per heavy atom. The average Bonchev–Trinajstić information content (AvgIpc) is 3.12. The van der Waals surface area contributed by atoms with E-state index in [1.807, 2.05) is 0 Å². The van der Waals surface area contributed by atoms with Gasteiger partial charge in [0.25, 0.3) is 0 Å². The molecule has 23 heavy (non-hydrogen) atoms. The zero-order chi connectivity index (χ0) is 16.2. The summed E-state index contributed by atoms with van der Waals surface area (Å²) in [6, 6.07) is 3.32. The van der Waals surface area contributed by atoms with Gasteiger partial charge in [-0.2, -0.15) is 0 Å². The Morgan fingerprint density at radius 1 is 1.48 bits per heavy atom. The van der Waals surface area contributed by atoms with Gasteiger partial charge in [-0.05, 0) is 35.9 Å². The highest BCUT2D eigenvalue weighted by Gasteiger charge is 2.64. The number of carbonyl (C=O) groups excluding carboxylic acids is 1. The van der Waals surface area contributed by atoms with Crippen LogP contribution in [-0.4, -0.2) is 51.6 Å². The van der Waals surface area contributed by atoms with Gasteiger partial charge >= 0.3 is 0 Å². The molecule has 2 fully saturated rings. The van der Waals surface area contributed by atoms with E-state index in [4.69, 9.17) is 0 Å². The highest BCUT2D eigenvalue weighted by Crippen LogP contribution is 2.60. The second kappa shape index (κ2) is 5.00. The Bertz CT molecular complexity index is 722. The lowest BCUT2D eigenvalue weighted by atomic mass is 9.85. The standard InChI is InChI=1S/C14H16N6O2S/c1-14(2)10(11-16-18-19-17-11)20-12(22)8(13(20)23-14)9(21)7-4-3-5-15-6-7/h3-6,8-10,13,21H,1-2H3,(H,16,17,18,19)/t8-,9?,10-,13-/m0/s1. The minimum absolute atomic E-state index is 0.0779. The third-order valence-electron chi connectivity index (χ3n) is 4.47. The zero-order valence-corrected chi connectivity index (χ0v) is 13.4. The van der Waals surface area contributed by atoms with Crippen LogP contribution in [0.5, 0.6) is 0 Å². The summed E-state index contributed by atoms with van der Waals surface area (Å²) in [5.41, 5.74) is 0.661. The van der Waals surface area contributed by atoms with Gasteiger partial charge in [-0.25, -0.2) is 5.10 Å². The summed E-state index contributed by atoms with van der Waals surface area (Å²) in [6.45, 7) is 4.12. The van der Waals surface area contributed by atoms with E-state index in [0.717, 1.165) is 0 Å². The van der Waals surface area contributed by atoms with Crippen molar-refractivity contribution in [1.82, 2.24) is 30.5 Å². The molecule has 0 aliphatic carbocycles. The van der Waals surface area contributed by atoms with E-state index in [9.17, 15) is 9.90 Å². The van der Waals surface area contributed by atoms with Crippen molar-refractivity contribution in [2.24, 2.45) is 5.92 Å². The summed E-state index contributed by atoms with van der Waals surface area (Å²) in [6.07, 6.45) is 2.39. The molecular weight excluding hydrogens is 316 g/mol. The first-order valence-corrected chi connectivity index (χ1v) is 8.20. The van der Waals surface area contributed by atoms with Crippen molar-refractivity contribution in [2.75, 3.05) is 0 Å². The number of β-lactam (4-membered cyclic amide) rings is 1. The number of carbonyl (C=O) groups is 1. The molecule has 0 saturated carbocycles. The normalized spacial score (nSPS) is 30.0. The van der Waals surface area contributed by atoms with Crippen LogP contribution in [0.3, 0.4) is 0 Å². The number of thioether (sulfide) groups is 1. The Balaban J connectivity index is 1.63. The van der Waals surface area contributed by atoms with Crippen LogP contribution in [0.25, 0.3) is 0 Å². The summed E-state index contributed by atoms with van der Waals surface area (Å²) in [7, 11) is 0. The Hall–Kier alpha value is -2.00. The molecule has 120 valence electrons. The monoisotopic (exact) mass is 332 g/mol. The average molecular weight is 332 g/mol. The van der Waals surface area contributed by atoms with Gasteiger partial charge in [0.1, 0.15) is 6.04 Å². The van der Waals surface area contributed by atoms with Gasteiger partial charge in [-0.3, -0.25) is 9.78 Å². The topological polar surface area (TPSA) is 108 Å². The minimum Gasteiger partial charge on any atom is -0.387 e. The molecule has 2 aromatic rings. The number of aromatic amines is 1. The van der Waals surface area contributed by atoms with Gasteiger partial charge in [0, 0.05) is 17.1 Å². The number of nitrogens with one attached hydrogen (secondary N) is 1. The van der Waals surface area contributed by atoms with Crippen molar-refractivity contribution in [3.05, 3.63) is 35.9 Å². The number of nitrogens with zero attached hydrogens (tertiary/aromatic N) is 5. The molecule has 4 atom stereocenters. The number of aliphatic hydroxyl groups is 1. The Morgan fingerprint density at radius 2 is 2.30 bits per heavy atom. The van der Waals surface area contributed by atoms with Gasteiger partial charge < -0.3 is 10.0 Å². The molecule has 9 heteroatoms. The molecule has 0 aromatic carbocycles. The quantitative estimate of drug-likeness (QED) is 0.796. The molecule has 8 nitrogen and oxygen atoms in total. The first-order chi connectivity index (χ1) is 11.0. The van der Waals surface area contributed by atoms with Gasteiger partial charge in [0.2, 0.25) is 5.91 Å². The van der Waals surface area contributed by atoms with Gasteiger partial charge in [0.15, 0.2) is 5.82 Å². The lowest BCUT2D eigenvalue weighted by Gasteiger charge is -2.46. The van der Waals surface area contributed by atoms with Crippen LogP contribution < -0.4 is 0 Å². The van der Waals surface area contributed by atoms with E-state index in [2.05, 4.69) is 39.5 Å². The summed E-state index contributed by atoms with van der Waals surface area (Å²) >= 11 is 1.67. The number of tetrazole rings is 1. The maximum absolute atomic E-state index is 12.7. The number of H-pyrrole nitrogens is 1. The number of pyridine rings is 1. The third kappa shape index (κ3) is 2.07. The minimum atomic E-state index is -0.854. The second-order valence-electron chi connectivity index (χ2n) is 6.30. The first kappa shape index (κ1) is 14.6. The van der Waals surface area contributed by atoms with Crippen LogP contribution in [-0.2, 0) is 4.79 Å². The number of hydrogen-bond donors (Lipinski definition) is 2. The lowest BCUT2D eigenvalue weighted by Crippen LogP contribution is -2.59. The van der Waals surface area contributed by atoms with Crippen LogP contribution in [0.15, 0.2) is 24.5 Å². The van der Waals surface area contributed by atoms with Crippen molar-refractivity contribution in [1.29, 1.82) is 0 Å². The predicted octanol–water partition coefficient (Wildman–Crippen LogP) is 0.679. The van der Waals surface area contributed by atoms with Crippen molar-refractivity contribution in [2.45, 2.75) is 36.1 Å². The molecule has 0 bridgehead atoms. The number of amides is 1. The van der Waals surface area contributed by atoms with Crippen molar-refractivity contribution in [3.63, 3.8) is 0 Å². The smallest absolute Gasteiger partial charge is 0.233 e. The molecule has 4 heterocycles. The van der Waals surface area contributed by atoms with Crippen LogP contribution in [0.1, 0.15) is 37.4 Å². The molecule has 2 N–H and O–H groups in total. The van der Waals surface area contributed by atoms with Crippen LogP contribution in [0.2, 0.25) is 0 Å². The number of aromatic nitrogens is 5. The maximum atomic E-state index is 12.7. The lowest BCUT2D eigenvalue weighted by molar-refractivity contribution is -0.161. The summed E-state index contributed by atoms with van der Waals surface area (Å²) < 4.78 is -0.245. The van der Waals surface area contributed by atoms with Crippen molar-refractivity contribution < 1.29 is 9.90 Å². The summed E-state index contributed by atoms with van der Waals surface area (Å²) in [4.78, 5) is 18.5. The van der Waals surface area contributed by atoms with Gasteiger partial charge in [-0.1, -0.05) is 6.07 Å². The van der Waals surface area contributed by atoms with Gasteiger partial charge in [-0.15, -0.1) is 16.9 Å². The Kier molecular flexibility index (Phi) is 3.17. The van der Waals surface area contributed by atoms with Crippen molar-refractivity contribution in [3.8, 4) is 0 Å². The predicted molar refractivity (Wildman–Crippen MR) is 81.9 cm³/mol. The van der Waals surface area contributed by atoms with E-state index >= 15 is 0 Å². The van der Waals surface area contributed by atoms with Crippen LogP contribution in [0.4, 0.5) is 0 Å². The molecule has 2 saturated heterocycles. The third-order valence-corrected chi connectivity index (χ3v) is 6.06. The molecule has 1 amide bonds.